The van der Waals surface area contributed by atoms with Crippen LogP contribution in [-0.2, 0) is 19.5 Å². The predicted octanol–water partition coefficient (Wildman–Crippen LogP) is 4.24. The van der Waals surface area contributed by atoms with Crippen molar-refractivity contribution in [2.75, 3.05) is 5.73 Å². The van der Waals surface area contributed by atoms with Crippen LogP contribution < -0.4 is 5.73 Å². The zero-order chi connectivity index (χ0) is 16.8. The number of nitrogens with one attached hydrogen (secondary N) is 2. The smallest absolute Gasteiger partial charge is 0.0659 e. The van der Waals surface area contributed by atoms with Gasteiger partial charge in [-0.05, 0) is 66.8 Å². The Bertz CT molecular complexity index is 1210. The third-order valence-corrected chi connectivity index (χ3v) is 4.20. The molecular formula is C20H15N5Zn. The molecule has 0 aliphatic carbocycles. The van der Waals surface area contributed by atoms with E-state index in [1.807, 2.05) is 66.8 Å². The Morgan fingerprint density at radius 3 is 1.69 bits per heavy atom. The van der Waals surface area contributed by atoms with Crippen molar-refractivity contribution in [3.05, 3.63) is 65.2 Å². The molecule has 0 amide bonds. The van der Waals surface area contributed by atoms with Gasteiger partial charge in [0.15, 0.2) is 0 Å². The maximum Gasteiger partial charge on any atom is 0.0659 e. The van der Waals surface area contributed by atoms with Gasteiger partial charge in [0.25, 0.3) is 0 Å². The largest absolute Gasteiger partial charge is 0.397 e. The summed E-state index contributed by atoms with van der Waals surface area (Å²) in [7, 11) is 0. The summed E-state index contributed by atoms with van der Waals surface area (Å²) in [6, 6.07) is 14.0. The summed E-state index contributed by atoms with van der Waals surface area (Å²) < 4.78 is 0. The van der Waals surface area contributed by atoms with Crippen molar-refractivity contribution in [1.82, 2.24) is 19.9 Å². The molecule has 4 N–H and O–H groups in total. The van der Waals surface area contributed by atoms with Crippen molar-refractivity contribution in [2.24, 2.45) is 0 Å². The van der Waals surface area contributed by atoms with E-state index in [9.17, 15) is 0 Å². The van der Waals surface area contributed by atoms with E-state index in [0.717, 1.165) is 44.8 Å². The minimum absolute atomic E-state index is 0. The molecule has 3 aromatic heterocycles. The summed E-state index contributed by atoms with van der Waals surface area (Å²) in [5, 5.41) is 0. The molecule has 122 valence electrons. The first-order valence-electron chi connectivity index (χ1n) is 8.05. The molecule has 2 aliphatic heterocycles. The van der Waals surface area contributed by atoms with Crippen molar-refractivity contribution < 1.29 is 19.5 Å². The number of aromatic nitrogens is 4. The van der Waals surface area contributed by atoms with Crippen LogP contribution in [0.25, 0.3) is 46.4 Å². The Kier molecular flexibility index (Phi) is 4.05. The number of hydrogen-bond acceptors (Lipinski definition) is 3. The van der Waals surface area contributed by atoms with E-state index in [2.05, 4.69) is 19.9 Å². The minimum atomic E-state index is 0. The van der Waals surface area contributed by atoms with Crippen LogP contribution in [-0.4, -0.2) is 19.9 Å². The molecule has 26 heavy (non-hydrogen) atoms. The number of hydrogen-bond donors (Lipinski definition) is 3. The van der Waals surface area contributed by atoms with Crippen LogP contribution in [0.15, 0.2) is 42.5 Å². The topological polar surface area (TPSA) is 83.4 Å². The third kappa shape index (κ3) is 3.11. The first kappa shape index (κ1) is 16.5. The zero-order valence-corrected chi connectivity index (χ0v) is 17.0. The van der Waals surface area contributed by atoms with Crippen molar-refractivity contribution in [2.45, 2.75) is 0 Å². The molecule has 0 atom stereocenters. The summed E-state index contributed by atoms with van der Waals surface area (Å²) in [6.07, 6.45) is 7.96. The van der Waals surface area contributed by atoms with Crippen LogP contribution in [0.3, 0.4) is 0 Å². The number of rotatable bonds is 0. The van der Waals surface area contributed by atoms with Gasteiger partial charge in [0.2, 0.25) is 0 Å². The van der Waals surface area contributed by atoms with Crippen molar-refractivity contribution >= 4 is 52.1 Å². The number of aromatic amines is 2. The second-order valence-electron chi connectivity index (χ2n) is 6.13. The van der Waals surface area contributed by atoms with Gasteiger partial charge in [-0.1, -0.05) is 0 Å². The molecule has 0 saturated carbocycles. The van der Waals surface area contributed by atoms with Crippen molar-refractivity contribution in [3.8, 4) is 0 Å². The van der Waals surface area contributed by atoms with E-state index in [1.54, 1.807) is 0 Å². The van der Waals surface area contributed by atoms with Crippen LogP contribution in [0.4, 0.5) is 5.69 Å². The van der Waals surface area contributed by atoms with Gasteiger partial charge in [0.05, 0.1) is 34.0 Å². The molecule has 5 rings (SSSR count). The van der Waals surface area contributed by atoms with Gasteiger partial charge >= 0.3 is 0 Å². The first-order chi connectivity index (χ1) is 12.2. The van der Waals surface area contributed by atoms with E-state index >= 15 is 0 Å². The average Bonchev–Trinajstić information content (AvgIpc) is 3.33. The first-order valence-corrected chi connectivity index (χ1v) is 8.05. The standard InChI is InChI=1S/C20H15N5.Zn/c21-19-10-18-9-16-4-3-14(23-16)7-12-1-2-13(22-12)8-15-5-6-17(24-15)11-20(19)25-18;/h1-11,22,25H,21H2;. The molecule has 8 bridgehead atoms. The molecule has 0 fully saturated rings. The Morgan fingerprint density at radius 2 is 1.12 bits per heavy atom. The van der Waals surface area contributed by atoms with Gasteiger partial charge in [0.1, 0.15) is 0 Å². The normalized spacial score (nSPS) is 12.2. The van der Waals surface area contributed by atoms with Gasteiger partial charge in [-0.25, -0.2) is 9.97 Å². The molecule has 0 saturated heterocycles. The molecule has 5 heterocycles. The van der Waals surface area contributed by atoms with Gasteiger partial charge in [-0.3, -0.25) is 0 Å². The Labute approximate surface area is 162 Å². The van der Waals surface area contributed by atoms with Crippen LogP contribution in [0.1, 0.15) is 22.8 Å². The van der Waals surface area contributed by atoms with Gasteiger partial charge in [-0.2, -0.15) is 0 Å². The molecule has 5 nitrogen and oxygen atoms in total. The molecule has 0 radical (unpaired) electrons. The number of nitrogen functional groups attached to an aromatic ring is 1. The van der Waals surface area contributed by atoms with Crippen LogP contribution in [0, 0.1) is 0 Å². The summed E-state index contributed by atoms with van der Waals surface area (Å²) >= 11 is 0. The Balaban J connectivity index is 0.00000168. The quantitative estimate of drug-likeness (QED) is 0.346. The SMILES string of the molecule is Nc1cc2cc3nc(cc4ccc(cc5nc(cc1[nH]2)C=C5)[nH]4)C=C3.[Zn]. The molecule has 0 unspecified atom stereocenters. The Hall–Kier alpha value is -2.98. The van der Waals surface area contributed by atoms with E-state index in [1.165, 1.54) is 0 Å². The summed E-state index contributed by atoms with van der Waals surface area (Å²) in [6.45, 7) is 0. The molecule has 0 spiro atoms. The van der Waals surface area contributed by atoms with Gasteiger partial charge in [0, 0.05) is 36.0 Å². The van der Waals surface area contributed by atoms with Gasteiger partial charge in [-0.15, -0.1) is 0 Å². The number of nitrogens with zero attached hydrogens (tertiary/aromatic N) is 2. The summed E-state index contributed by atoms with van der Waals surface area (Å²) in [4.78, 5) is 15.9. The number of fused-ring (bicyclic) bond motifs is 8. The second-order valence-corrected chi connectivity index (χ2v) is 6.13. The van der Waals surface area contributed by atoms with Crippen LogP contribution in [0.5, 0.6) is 0 Å². The predicted molar refractivity (Wildman–Crippen MR) is 103 cm³/mol. The fraction of sp³-hybridized carbons (Fsp3) is 0. The van der Waals surface area contributed by atoms with Crippen LogP contribution >= 0.6 is 0 Å². The van der Waals surface area contributed by atoms with Crippen molar-refractivity contribution in [1.29, 1.82) is 0 Å². The van der Waals surface area contributed by atoms with E-state index < -0.39 is 0 Å². The molecule has 3 aromatic rings. The fourth-order valence-corrected chi connectivity index (χ4v) is 3.04. The van der Waals surface area contributed by atoms with E-state index in [-0.39, 0.29) is 19.5 Å². The average molecular weight is 391 g/mol. The van der Waals surface area contributed by atoms with E-state index in [0.29, 0.717) is 5.69 Å². The number of nitrogens with two attached hydrogens (primary N) is 1. The molecule has 0 aromatic carbocycles. The minimum Gasteiger partial charge on any atom is -0.397 e. The van der Waals surface area contributed by atoms with E-state index in [4.69, 9.17) is 5.73 Å². The number of anilines is 1. The van der Waals surface area contributed by atoms with Crippen molar-refractivity contribution in [3.63, 3.8) is 0 Å². The molecule has 2 aliphatic rings. The van der Waals surface area contributed by atoms with Crippen LogP contribution in [0.2, 0.25) is 0 Å². The molecular weight excluding hydrogens is 376 g/mol. The Morgan fingerprint density at radius 1 is 0.615 bits per heavy atom. The monoisotopic (exact) mass is 389 g/mol. The summed E-state index contributed by atoms with van der Waals surface area (Å²) in [5.74, 6) is 0. The fourth-order valence-electron chi connectivity index (χ4n) is 3.04. The third-order valence-electron chi connectivity index (χ3n) is 4.20. The maximum atomic E-state index is 6.13. The maximum absolute atomic E-state index is 6.13. The molecule has 6 heteroatoms. The van der Waals surface area contributed by atoms with Gasteiger partial charge < -0.3 is 15.7 Å². The second kappa shape index (κ2) is 6.39. The number of H-pyrrole nitrogens is 2. The zero-order valence-electron chi connectivity index (χ0n) is 14.0. The summed E-state index contributed by atoms with van der Waals surface area (Å²) in [5.41, 5.74) is 14.2.